The lowest BCUT2D eigenvalue weighted by molar-refractivity contribution is -0.165. The number of aliphatic hydroxyl groups is 1. The molecule has 0 amide bonds. The molecule has 3 fully saturated rings. The number of aliphatic hydroxyl groups excluding tert-OH is 1. The molecule has 0 saturated heterocycles. The summed E-state index contributed by atoms with van der Waals surface area (Å²) in [5.74, 6) is 1.39. The highest BCUT2D eigenvalue weighted by molar-refractivity contribution is 5.96. The van der Waals surface area contributed by atoms with Crippen LogP contribution < -0.4 is 0 Å². The van der Waals surface area contributed by atoms with E-state index in [4.69, 9.17) is 14.5 Å². The molecule has 31 heavy (non-hydrogen) atoms. The molecular formula is C25H35NO5. The summed E-state index contributed by atoms with van der Waals surface area (Å²) in [7, 11) is 0. The van der Waals surface area contributed by atoms with Crippen LogP contribution in [0.2, 0.25) is 0 Å². The first kappa shape index (κ1) is 21.2. The highest BCUT2D eigenvalue weighted by atomic mass is 16.5. The zero-order chi connectivity index (χ0) is 22.2. The van der Waals surface area contributed by atoms with Gasteiger partial charge in [0.1, 0.15) is 6.04 Å². The van der Waals surface area contributed by atoms with Crippen LogP contribution in [0.3, 0.4) is 0 Å². The SMILES string of the molecule is CC(=O)OCC(=O)C12OC(C)=NC1CC1C3CC=C4CC(O)CCC4(C)C3CCC12C. The van der Waals surface area contributed by atoms with E-state index in [2.05, 4.69) is 19.9 Å². The fraction of sp³-hybridized carbons (Fsp3) is 0.800. The van der Waals surface area contributed by atoms with E-state index < -0.39 is 11.6 Å². The largest absolute Gasteiger partial charge is 0.464 e. The van der Waals surface area contributed by atoms with Gasteiger partial charge in [0.15, 0.2) is 18.1 Å². The Morgan fingerprint density at radius 3 is 2.77 bits per heavy atom. The third-order valence-electron chi connectivity index (χ3n) is 9.73. The van der Waals surface area contributed by atoms with Crippen LogP contribution in [-0.2, 0) is 19.1 Å². The van der Waals surface area contributed by atoms with Crippen molar-refractivity contribution in [3.8, 4) is 0 Å². The number of nitrogens with zero attached hydrogens (tertiary/aromatic N) is 1. The summed E-state index contributed by atoms with van der Waals surface area (Å²) in [5, 5.41) is 10.2. The van der Waals surface area contributed by atoms with E-state index in [1.54, 1.807) is 0 Å². The van der Waals surface area contributed by atoms with Crippen molar-refractivity contribution in [1.29, 1.82) is 0 Å². The van der Waals surface area contributed by atoms with Crippen molar-refractivity contribution >= 4 is 17.7 Å². The number of carbonyl (C=O) groups is 2. The quantitative estimate of drug-likeness (QED) is 0.547. The van der Waals surface area contributed by atoms with Crippen LogP contribution in [0, 0.1) is 28.6 Å². The fourth-order valence-corrected chi connectivity index (χ4v) is 8.29. The van der Waals surface area contributed by atoms with E-state index in [9.17, 15) is 14.7 Å². The number of ether oxygens (including phenoxy) is 2. The Hall–Kier alpha value is -1.69. The molecule has 0 aromatic heterocycles. The highest BCUT2D eigenvalue weighted by Gasteiger charge is 2.73. The van der Waals surface area contributed by atoms with Gasteiger partial charge in [-0.25, -0.2) is 4.99 Å². The summed E-state index contributed by atoms with van der Waals surface area (Å²) in [6.07, 6.45) is 8.73. The first-order chi connectivity index (χ1) is 14.6. The minimum Gasteiger partial charge on any atom is -0.464 e. The lowest BCUT2D eigenvalue weighted by Crippen LogP contribution is -2.61. The first-order valence-corrected chi connectivity index (χ1v) is 11.9. The average Bonchev–Trinajstić information content (AvgIpc) is 3.17. The monoisotopic (exact) mass is 429 g/mol. The first-order valence-electron chi connectivity index (χ1n) is 11.9. The number of hydrogen-bond donors (Lipinski definition) is 1. The molecule has 0 aromatic rings. The smallest absolute Gasteiger partial charge is 0.303 e. The maximum atomic E-state index is 13.5. The summed E-state index contributed by atoms with van der Waals surface area (Å²) in [6, 6.07) is -0.198. The van der Waals surface area contributed by atoms with Crippen LogP contribution in [0.25, 0.3) is 0 Å². The van der Waals surface area contributed by atoms with Gasteiger partial charge in [0.2, 0.25) is 5.78 Å². The second-order valence-electron chi connectivity index (χ2n) is 11.1. The number of esters is 1. The number of hydrogen-bond acceptors (Lipinski definition) is 6. The van der Waals surface area contributed by atoms with Crippen molar-refractivity contribution in [3.63, 3.8) is 0 Å². The third-order valence-corrected chi connectivity index (χ3v) is 9.73. The van der Waals surface area contributed by atoms with Crippen LogP contribution in [-0.4, -0.2) is 47.1 Å². The van der Waals surface area contributed by atoms with E-state index in [0.29, 0.717) is 23.7 Å². The Morgan fingerprint density at radius 1 is 1.26 bits per heavy atom. The predicted octanol–water partition coefficient (Wildman–Crippen LogP) is 3.61. The molecule has 8 atom stereocenters. The lowest BCUT2D eigenvalue weighted by atomic mass is 9.46. The standard InChI is InChI=1S/C25H35NO5/c1-14-26-21-12-20-18-6-5-16-11-17(28)7-9-23(16,3)19(18)8-10-24(20,4)25(21,31-14)22(29)13-30-15(2)27/h5,17-21,28H,6-13H2,1-4H3. The molecule has 5 rings (SSSR count). The summed E-state index contributed by atoms with van der Waals surface area (Å²) < 4.78 is 11.5. The van der Waals surface area contributed by atoms with Gasteiger partial charge in [-0.05, 0) is 68.1 Å². The molecule has 3 saturated carbocycles. The molecule has 8 unspecified atom stereocenters. The van der Waals surface area contributed by atoms with Crippen molar-refractivity contribution in [1.82, 2.24) is 0 Å². The zero-order valence-corrected chi connectivity index (χ0v) is 19.1. The summed E-state index contributed by atoms with van der Waals surface area (Å²) in [5.41, 5.74) is 0.249. The molecule has 1 N–H and O–H groups in total. The fourth-order valence-electron chi connectivity index (χ4n) is 8.29. The summed E-state index contributed by atoms with van der Waals surface area (Å²) in [4.78, 5) is 29.7. The van der Waals surface area contributed by atoms with E-state index in [0.717, 1.165) is 44.9 Å². The summed E-state index contributed by atoms with van der Waals surface area (Å²) >= 11 is 0. The van der Waals surface area contributed by atoms with Crippen molar-refractivity contribution in [2.75, 3.05) is 6.61 Å². The number of rotatable bonds is 3. The van der Waals surface area contributed by atoms with E-state index in [-0.39, 0.29) is 35.4 Å². The second-order valence-corrected chi connectivity index (χ2v) is 11.1. The Balaban J connectivity index is 1.50. The molecule has 0 radical (unpaired) electrons. The molecule has 0 aromatic carbocycles. The lowest BCUT2D eigenvalue weighted by Gasteiger charge is -2.58. The van der Waals surface area contributed by atoms with Gasteiger partial charge in [-0.3, -0.25) is 9.59 Å². The van der Waals surface area contributed by atoms with Gasteiger partial charge in [0.25, 0.3) is 0 Å². The zero-order valence-electron chi connectivity index (χ0n) is 19.1. The van der Waals surface area contributed by atoms with Gasteiger partial charge >= 0.3 is 5.97 Å². The number of fused-ring (bicyclic) bond motifs is 7. The topological polar surface area (TPSA) is 85.2 Å². The number of ketones is 1. The Bertz CT molecular complexity index is 879. The number of Topliss-reactive ketones (excluding diaryl/α,β-unsaturated/α-hetero) is 1. The van der Waals surface area contributed by atoms with Gasteiger partial charge in [-0.2, -0.15) is 0 Å². The average molecular weight is 430 g/mol. The Labute approximate surface area is 184 Å². The van der Waals surface area contributed by atoms with Gasteiger partial charge in [-0.1, -0.05) is 25.5 Å². The molecule has 6 heteroatoms. The Kier molecular flexibility index (Phi) is 4.71. The van der Waals surface area contributed by atoms with E-state index in [1.807, 2.05) is 6.92 Å². The molecule has 5 aliphatic rings. The number of carbonyl (C=O) groups excluding carboxylic acids is 2. The molecular weight excluding hydrogens is 394 g/mol. The number of aliphatic imine (C=N–C) groups is 1. The normalized spacial score (nSPS) is 47.7. The van der Waals surface area contributed by atoms with Gasteiger partial charge in [0.05, 0.1) is 6.10 Å². The maximum Gasteiger partial charge on any atom is 0.303 e. The van der Waals surface area contributed by atoms with Crippen molar-refractivity contribution in [2.24, 2.45) is 33.6 Å². The highest BCUT2D eigenvalue weighted by Crippen LogP contribution is 2.69. The van der Waals surface area contributed by atoms with E-state index >= 15 is 0 Å². The van der Waals surface area contributed by atoms with Crippen LogP contribution in [0.4, 0.5) is 0 Å². The molecule has 170 valence electrons. The second kappa shape index (κ2) is 6.90. The van der Waals surface area contributed by atoms with Crippen molar-refractivity contribution in [2.45, 2.75) is 90.4 Å². The molecule has 0 spiro atoms. The van der Waals surface area contributed by atoms with Crippen LogP contribution in [0.1, 0.15) is 72.6 Å². The van der Waals surface area contributed by atoms with Crippen molar-refractivity contribution < 1.29 is 24.2 Å². The van der Waals surface area contributed by atoms with Crippen LogP contribution in [0.5, 0.6) is 0 Å². The van der Waals surface area contributed by atoms with Crippen LogP contribution in [0.15, 0.2) is 16.6 Å². The predicted molar refractivity (Wildman–Crippen MR) is 115 cm³/mol. The Morgan fingerprint density at radius 2 is 2.03 bits per heavy atom. The summed E-state index contributed by atoms with van der Waals surface area (Å²) in [6.45, 7) is 7.54. The van der Waals surface area contributed by atoms with Gasteiger partial charge in [-0.15, -0.1) is 0 Å². The van der Waals surface area contributed by atoms with Gasteiger partial charge < -0.3 is 14.6 Å². The van der Waals surface area contributed by atoms with Gasteiger partial charge in [0, 0.05) is 19.3 Å². The van der Waals surface area contributed by atoms with Crippen LogP contribution >= 0.6 is 0 Å². The number of allylic oxidation sites excluding steroid dienone is 1. The van der Waals surface area contributed by atoms with E-state index in [1.165, 1.54) is 12.5 Å². The molecule has 4 aliphatic carbocycles. The van der Waals surface area contributed by atoms with Crippen molar-refractivity contribution in [3.05, 3.63) is 11.6 Å². The molecule has 1 heterocycles. The molecule has 1 aliphatic heterocycles. The third kappa shape index (κ3) is 2.76. The maximum absolute atomic E-state index is 13.5. The minimum absolute atomic E-state index is 0.143. The minimum atomic E-state index is -1.02. The molecule has 6 nitrogen and oxygen atoms in total. The molecule has 0 bridgehead atoms.